The zero-order chi connectivity index (χ0) is 27.8. The van der Waals surface area contributed by atoms with Gasteiger partial charge in [0.1, 0.15) is 8.07 Å². The van der Waals surface area contributed by atoms with Crippen molar-refractivity contribution in [1.82, 2.24) is 4.57 Å². The molecule has 1 spiro atoms. The quantitative estimate of drug-likeness (QED) is 0.161. The summed E-state index contributed by atoms with van der Waals surface area (Å²) in [6.45, 7) is 5.16. The molecule has 1 unspecified atom stereocenters. The van der Waals surface area contributed by atoms with Crippen molar-refractivity contribution in [2.75, 3.05) is 0 Å². The lowest BCUT2D eigenvalue weighted by Crippen LogP contribution is -2.64. The number of benzene rings is 6. The van der Waals surface area contributed by atoms with Crippen molar-refractivity contribution in [1.29, 1.82) is 0 Å². The molecule has 6 aromatic carbocycles. The first-order valence-corrected chi connectivity index (χ1v) is 18.6. The second kappa shape index (κ2) is 7.68. The molecule has 0 saturated carbocycles. The Morgan fingerprint density at radius 3 is 2.14 bits per heavy atom. The third-order valence-corrected chi connectivity index (χ3v) is 14.9. The van der Waals surface area contributed by atoms with Gasteiger partial charge in [-0.25, -0.2) is 0 Å². The number of para-hydroxylation sites is 3. The Morgan fingerprint density at radius 2 is 1.24 bits per heavy atom. The monoisotopic (exact) mass is 569 g/mol. The highest BCUT2D eigenvalue weighted by Gasteiger charge is 2.53. The predicted octanol–water partition coefficient (Wildman–Crippen LogP) is 8.98. The summed E-state index contributed by atoms with van der Waals surface area (Å²) in [4.78, 5) is 0. The molecule has 0 amide bonds. The second-order valence-electron chi connectivity index (χ2n) is 12.5. The fourth-order valence-electron chi connectivity index (χ4n) is 8.70. The van der Waals surface area contributed by atoms with E-state index in [-0.39, 0.29) is 0 Å². The van der Waals surface area contributed by atoms with Gasteiger partial charge < -0.3 is 4.57 Å². The summed E-state index contributed by atoms with van der Waals surface area (Å²) in [6, 6.07) is 48.6. The normalized spacial score (nSPS) is 18.0. The molecule has 0 fully saturated rings. The van der Waals surface area contributed by atoms with Crippen LogP contribution < -0.4 is 10.4 Å². The fourth-order valence-corrected chi connectivity index (χ4v) is 13.5. The topological polar surface area (TPSA) is 4.93 Å². The average Bonchev–Trinajstić information content (AvgIpc) is 3.58. The maximum Gasteiger partial charge on any atom is 0.113 e. The van der Waals surface area contributed by atoms with Crippen LogP contribution in [0.4, 0.5) is 0 Å². The van der Waals surface area contributed by atoms with E-state index in [9.17, 15) is 0 Å². The van der Waals surface area contributed by atoms with E-state index >= 15 is 0 Å². The molecule has 1 nitrogen and oxygen atoms in total. The van der Waals surface area contributed by atoms with Crippen LogP contribution in [0.1, 0.15) is 22.3 Å². The van der Waals surface area contributed by atoms with E-state index in [2.05, 4.69) is 145 Å². The fraction of sp³-hybridized carbons (Fsp3) is 0.0769. The van der Waals surface area contributed by atoms with Crippen molar-refractivity contribution in [2.45, 2.75) is 18.5 Å². The zero-order valence-electron chi connectivity index (χ0n) is 23.5. The van der Waals surface area contributed by atoms with Crippen molar-refractivity contribution in [3.63, 3.8) is 0 Å². The number of hydrogen-bond donors (Lipinski definition) is 0. The lowest BCUT2D eigenvalue weighted by molar-refractivity contribution is 0.733. The van der Waals surface area contributed by atoms with Gasteiger partial charge >= 0.3 is 0 Å². The minimum atomic E-state index is -2.12. The molecule has 2 aliphatic heterocycles. The van der Waals surface area contributed by atoms with Gasteiger partial charge in [0.2, 0.25) is 0 Å². The predicted molar refractivity (Wildman–Crippen MR) is 182 cm³/mol. The molecule has 3 heteroatoms. The molecular weight excluding hydrogens is 543 g/mol. The Labute approximate surface area is 249 Å². The third-order valence-electron chi connectivity index (χ3n) is 10.2. The van der Waals surface area contributed by atoms with Gasteiger partial charge in [-0.05, 0) is 56.9 Å². The lowest BCUT2D eigenvalue weighted by atomic mass is 9.62. The highest BCUT2D eigenvalue weighted by Crippen LogP contribution is 2.56. The Hall–Kier alpha value is -4.44. The molecular formula is C39H27NSSi. The average molecular weight is 570 g/mol. The van der Waals surface area contributed by atoms with E-state index < -0.39 is 13.5 Å². The first-order chi connectivity index (χ1) is 20.6. The van der Waals surface area contributed by atoms with Crippen LogP contribution in [0.25, 0.3) is 47.7 Å². The van der Waals surface area contributed by atoms with Gasteiger partial charge in [0.25, 0.3) is 0 Å². The van der Waals surface area contributed by atoms with Crippen LogP contribution in [-0.4, -0.2) is 12.6 Å². The molecule has 0 N–H and O–H groups in total. The van der Waals surface area contributed by atoms with Gasteiger partial charge in [-0.3, -0.25) is 0 Å². The summed E-state index contributed by atoms with van der Waals surface area (Å²) in [5.41, 5.74) is 9.21. The smallest absolute Gasteiger partial charge is 0.113 e. The van der Waals surface area contributed by atoms with Crippen LogP contribution in [0, 0.1) is 0 Å². The Morgan fingerprint density at radius 1 is 0.548 bits per heavy atom. The van der Waals surface area contributed by atoms with Gasteiger partial charge in [0.15, 0.2) is 0 Å². The van der Waals surface area contributed by atoms with Gasteiger partial charge in [-0.2, -0.15) is 0 Å². The van der Waals surface area contributed by atoms with Crippen LogP contribution in [0.15, 0.2) is 127 Å². The molecule has 2 aromatic heterocycles. The number of rotatable bonds is 0. The van der Waals surface area contributed by atoms with Gasteiger partial charge in [-0.1, -0.05) is 116 Å². The summed E-state index contributed by atoms with van der Waals surface area (Å²) in [5, 5.41) is 8.69. The molecule has 42 heavy (non-hydrogen) atoms. The van der Waals surface area contributed by atoms with Gasteiger partial charge in [-0.15, -0.1) is 11.3 Å². The van der Waals surface area contributed by atoms with Crippen molar-refractivity contribution in [2.24, 2.45) is 0 Å². The molecule has 0 aliphatic carbocycles. The van der Waals surface area contributed by atoms with E-state index in [0.29, 0.717) is 0 Å². The number of thiophene rings is 1. The Balaban J connectivity index is 1.51. The number of aromatic nitrogens is 1. The first kappa shape index (κ1) is 23.2. The Kier molecular flexibility index (Phi) is 4.24. The van der Waals surface area contributed by atoms with E-state index in [0.717, 1.165) is 0 Å². The van der Waals surface area contributed by atoms with Crippen molar-refractivity contribution in [3.8, 4) is 5.69 Å². The SMILES string of the molecule is C[Si]1(C)c2ccccc2C2(c3ccccc3-n3c4ccccc4c4cccc2c43)c2ccc3sc4ccccc4c3c21. The van der Waals surface area contributed by atoms with Crippen LogP contribution in [-0.2, 0) is 5.41 Å². The molecule has 2 aliphatic rings. The van der Waals surface area contributed by atoms with Crippen molar-refractivity contribution >= 4 is 71.8 Å². The van der Waals surface area contributed by atoms with Crippen molar-refractivity contribution in [3.05, 3.63) is 150 Å². The highest BCUT2D eigenvalue weighted by molar-refractivity contribution is 7.26. The van der Waals surface area contributed by atoms with Crippen LogP contribution in [0.5, 0.6) is 0 Å². The van der Waals surface area contributed by atoms with Crippen LogP contribution >= 0.6 is 11.3 Å². The minimum Gasteiger partial charge on any atom is -0.309 e. The van der Waals surface area contributed by atoms with Crippen molar-refractivity contribution < 1.29 is 0 Å². The highest BCUT2D eigenvalue weighted by atomic mass is 32.1. The van der Waals surface area contributed by atoms with E-state index in [1.165, 1.54) is 69.9 Å². The number of hydrogen-bond acceptors (Lipinski definition) is 1. The molecule has 4 heterocycles. The zero-order valence-corrected chi connectivity index (χ0v) is 25.3. The Bertz CT molecular complexity index is 2460. The molecule has 8 aromatic rings. The standard InChI is InChI=1S/C39H27NSSi/c1-42(2)35-21-10-6-16-28(35)39(30-22-23-34-36(38(30)42)26-13-4-9-20-33(26)41-34)27-15-5-8-19-32(27)40-31-18-7-3-12-24(31)25-14-11-17-29(39)37(25)40/h3-23H,1-2H3. The lowest BCUT2D eigenvalue weighted by Gasteiger charge is -2.49. The first-order valence-electron chi connectivity index (χ1n) is 14.8. The largest absolute Gasteiger partial charge is 0.309 e. The van der Waals surface area contributed by atoms with Crippen LogP contribution in [0.3, 0.4) is 0 Å². The molecule has 198 valence electrons. The van der Waals surface area contributed by atoms with E-state index in [4.69, 9.17) is 0 Å². The summed E-state index contributed by atoms with van der Waals surface area (Å²) >= 11 is 1.94. The molecule has 0 saturated heterocycles. The molecule has 0 bridgehead atoms. The summed E-state index contributed by atoms with van der Waals surface area (Å²) in [7, 11) is -2.12. The molecule has 10 rings (SSSR count). The maximum absolute atomic E-state index is 2.58. The molecule has 0 radical (unpaired) electrons. The third kappa shape index (κ3) is 2.49. The summed E-state index contributed by atoms with van der Waals surface area (Å²) in [6.07, 6.45) is 0. The minimum absolute atomic E-state index is 0.411. The van der Waals surface area contributed by atoms with Crippen LogP contribution in [0.2, 0.25) is 13.1 Å². The number of fused-ring (bicyclic) bond motifs is 15. The van der Waals surface area contributed by atoms with E-state index in [1.54, 1.807) is 10.4 Å². The van der Waals surface area contributed by atoms with Gasteiger partial charge in [0.05, 0.1) is 22.1 Å². The van der Waals surface area contributed by atoms with Gasteiger partial charge in [0, 0.05) is 30.9 Å². The molecule has 1 atom stereocenters. The van der Waals surface area contributed by atoms with E-state index in [1.807, 2.05) is 11.3 Å². The number of nitrogens with zero attached hydrogens (tertiary/aromatic N) is 1. The maximum atomic E-state index is 2.58. The summed E-state index contributed by atoms with van der Waals surface area (Å²) < 4.78 is 5.32. The summed E-state index contributed by atoms with van der Waals surface area (Å²) in [5.74, 6) is 0. The second-order valence-corrected chi connectivity index (χ2v) is 17.8.